The van der Waals surface area contributed by atoms with E-state index in [1.807, 2.05) is 35.8 Å². The molecule has 4 aromatic rings. The van der Waals surface area contributed by atoms with Crippen molar-refractivity contribution in [3.8, 4) is 11.4 Å². The molecule has 1 aliphatic rings. The largest absolute Gasteiger partial charge is 0.506 e. The number of phenolic OH excluding ortho intramolecular Hbond substituents is 1. The molecule has 2 aromatic heterocycles. The molecule has 5 rings (SSSR count). The average molecular weight is 568 g/mol. The van der Waals surface area contributed by atoms with Crippen molar-refractivity contribution in [3.63, 3.8) is 0 Å². The van der Waals surface area contributed by atoms with Gasteiger partial charge in [-0.1, -0.05) is 33.6 Å². The summed E-state index contributed by atoms with van der Waals surface area (Å²) in [7, 11) is 0. The van der Waals surface area contributed by atoms with E-state index in [1.54, 1.807) is 24.4 Å². The summed E-state index contributed by atoms with van der Waals surface area (Å²) in [5.41, 5.74) is 6.75. The van der Waals surface area contributed by atoms with E-state index in [9.17, 15) is 5.11 Å². The van der Waals surface area contributed by atoms with Gasteiger partial charge < -0.3 is 19.9 Å². The molecule has 0 aliphatic carbocycles. The van der Waals surface area contributed by atoms with Gasteiger partial charge in [-0.3, -0.25) is 4.98 Å². The van der Waals surface area contributed by atoms with E-state index in [2.05, 4.69) is 63.2 Å². The second-order valence-electron chi connectivity index (χ2n) is 8.73. The first-order valence-corrected chi connectivity index (χ1v) is 12.8. The summed E-state index contributed by atoms with van der Waals surface area (Å²) >= 11 is 15.8. The van der Waals surface area contributed by atoms with Crippen molar-refractivity contribution in [3.05, 3.63) is 105 Å². The third kappa shape index (κ3) is 4.22. The molecular weight excluding hydrogens is 544 g/mol. The fourth-order valence-corrected chi connectivity index (χ4v) is 5.62. The number of nitrogens with zero attached hydrogens (tertiary/aromatic N) is 3. The lowest BCUT2D eigenvalue weighted by molar-refractivity contribution is 0.471. The Bertz CT molecular complexity index is 1440. The Morgan fingerprint density at radius 2 is 1.86 bits per heavy atom. The van der Waals surface area contributed by atoms with Crippen LogP contribution in [-0.2, 0) is 0 Å². The molecule has 3 heterocycles. The van der Waals surface area contributed by atoms with Crippen LogP contribution in [0.2, 0.25) is 5.02 Å². The quantitative estimate of drug-likeness (QED) is 0.258. The Morgan fingerprint density at radius 3 is 2.57 bits per heavy atom. The van der Waals surface area contributed by atoms with Crippen molar-refractivity contribution >= 4 is 50.5 Å². The van der Waals surface area contributed by atoms with Crippen LogP contribution in [0.3, 0.4) is 0 Å². The number of aromatic nitrogens is 2. The second-order valence-corrected chi connectivity index (χ2v) is 10.4. The first-order chi connectivity index (χ1) is 16.8. The lowest BCUT2D eigenvalue weighted by Crippen LogP contribution is -2.29. The van der Waals surface area contributed by atoms with Gasteiger partial charge in [0.15, 0.2) is 5.11 Å². The van der Waals surface area contributed by atoms with Gasteiger partial charge in [-0.05, 0) is 98.7 Å². The van der Waals surface area contributed by atoms with Crippen LogP contribution in [0.5, 0.6) is 5.75 Å². The van der Waals surface area contributed by atoms with E-state index in [4.69, 9.17) is 23.8 Å². The normalized spacial score (nSPS) is 17.6. The Kier molecular flexibility index (Phi) is 6.34. The number of halogens is 2. The predicted molar refractivity (Wildman–Crippen MR) is 149 cm³/mol. The van der Waals surface area contributed by atoms with Crippen LogP contribution in [0.25, 0.3) is 5.69 Å². The lowest BCUT2D eigenvalue weighted by Gasteiger charge is -2.28. The third-order valence-electron chi connectivity index (χ3n) is 6.49. The van der Waals surface area contributed by atoms with E-state index in [0.717, 1.165) is 38.4 Å². The number of aromatic hydroxyl groups is 1. The van der Waals surface area contributed by atoms with Crippen LogP contribution in [0.4, 0.5) is 5.69 Å². The molecule has 2 atom stereocenters. The van der Waals surface area contributed by atoms with Gasteiger partial charge in [-0.2, -0.15) is 0 Å². The van der Waals surface area contributed by atoms with Gasteiger partial charge >= 0.3 is 0 Å². The van der Waals surface area contributed by atoms with Crippen molar-refractivity contribution in [2.45, 2.75) is 32.9 Å². The van der Waals surface area contributed by atoms with Gasteiger partial charge in [0, 0.05) is 32.8 Å². The molecule has 0 unspecified atom stereocenters. The summed E-state index contributed by atoms with van der Waals surface area (Å²) in [6.45, 7) is 6.16. The molecule has 0 amide bonds. The van der Waals surface area contributed by atoms with Crippen LogP contribution in [0, 0.1) is 20.8 Å². The Hall–Kier alpha value is -2.87. The molecule has 35 heavy (non-hydrogen) atoms. The SMILES string of the molecule is Cc1cc(N2C(=S)N[C@@H](c3ccccn3)[C@H]2c2cc(C)n(-c3cc(Cl)ccc3O)c2C)ccc1Br. The van der Waals surface area contributed by atoms with Gasteiger partial charge in [-0.15, -0.1) is 0 Å². The molecule has 1 saturated heterocycles. The minimum atomic E-state index is -0.158. The predicted octanol–water partition coefficient (Wildman–Crippen LogP) is 7.10. The van der Waals surface area contributed by atoms with Gasteiger partial charge in [0.2, 0.25) is 0 Å². The molecular formula is C27H24BrClN4OS. The van der Waals surface area contributed by atoms with Gasteiger partial charge in [-0.25, -0.2) is 0 Å². The number of pyridine rings is 1. The lowest BCUT2D eigenvalue weighted by atomic mass is 9.96. The summed E-state index contributed by atoms with van der Waals surface area (Å²) in [6, 6.07) is 19.1. The standard InChI is InChI=1S/C27H24BrClN4OS/c1-15-12-19(8-9-21(15)28)33-26(25(31-27(33)35)22-6-4-5-11-30-22)20-13-16(2)32(17(20)3)23-14-18(29)7-10-24(23)34/h4-14,25-26,34H,1-3H3,(H,31,35)/t25-,26+/m0/s1. The molecule has 0 saturated carbocycles. The third-order valence-corrected chi connectivity index (χ3v) is 7.92. The number of phenols is 1. The van der Waals surface area contributed by atoms with Gasteiger partial charge in [0.1, 0.15) is 5.75 Å². The zero-order chi connectivity index (χ0) is 24.9. The summed E-state index contributed by atoms with van der Waals surface area (Å²) in [4.78, 5) is 6.82. The van der Waals surface area contributed by atoms with Crippen molar-refractivity contribution in [2.24, 2.45) is 0 Å². The van der Waals surface area contributed by atoms with Crippen LogP contribution in [-0.4, -0.2) is 19.8 Å². The van der Waals surface area contributed by atoms with Gasteiger partial charge in [0.05, 0.1) is 23.5 Å². The fraction of sp³-hybridized carbons (Fsp3) is 0.185. The number of aryl methyl sites for hydroxylation is 2. The summed E-state index contributed by atoms with van der Waals surface area (Å²) in [5, 5.41) is 15.4. The maximum Gasteiger partial charge on any atom is 0.174 e. The van der Waals surface area contributed by atoms with Gasteiger partial charge in [0.25, 0.3) is 0 Å². The maximum atomic E-state index is 10.6. The molecule has 1 fully saturated rings. The fourth-order valence-electron chi connectivity index (χ4n) is 4.86. The first-order valence-electron chi connectivity index (χ1n) is 11.2. The summed E-state index contributed by atoms with van der Waals surface area (Å²) < 4.78 is 3.09. The van der Waals surface area contributed by atoms with E-state index in [1.165, 1.54) is 0 Å². The topological polar surface area (TPSA) is 53.3 Å². The van der Waals surface area contributed by atoms with Crippen molar-refractivity contribution in [2.75, 3.05) is 4.90 Å². The molecule has 2 aromatic carbocycles. The average Bonchev–Trinajstić information content (AvgIpc) is 3.33. The molecule has 1 aliphatic heterocycles. The second kappa shape index (κ2) is 9.30. The molecule has 8 heteroatoms. The number of benzene rings is 2. The Balaban J connectivity index is 1.71. The Labute approximate surface area is 223 Å². The highest BCUT2D eigenvalue weighted by molar-refractivity contribution is 9.10. The molecule has 0 radical (unpaired) electrons. The minimum Gasteiger partial charge on any atom is -0.506 e. The number of hydrogen-bond donors (Lipinski definition) is 2. The van der Waals surface area contributed by atoms with Crippen LogP contribution in [0.15, 0.2) is 71.3 Å². The number of thiocarbonyl (C=S) groups is 1. The van der Waals surface area contributed by atoms with E-state index < -0.39 is 0 Å². The van der Waals surface area contributed by atoms with Crippen molar-refractivity contribution < 1.29 is 5.11 Å². The zero-order valence-corrected chi connectivity index (χ0v) is 22.6. The summed E-state index contributed by atoms with van der Waals surface area (Å²) in [5.74, 6) is 0.171. The van der Waals surface area contributed by atoms with Crippen LogP contribution in [0.1, 0.15) is 40.3 Å². The molecule has 5 nitrogen and oxygen atoms in total. The first kappa shape index (κ1) is 23.9. The molecule has 2 N–H and O–H groups in total. The highest BCUT2D eigenvalue weighted by Crippen LogP contribution is 2.44. The summed E-state index contributed by atoms with van der Waals surface area (Å²) in [6.07, 6.45) is 1.80. The Morgan fingerprint density at radius 1 is 1.06 bits per heavy atom. The van der Waals surface area contributed by atoms with Crippen LogP contribution >= 0.6 is 39.7 Å². The number of anilines is 1. The highest BCUT2D eigenvalue weighted by Gasteiger charge is 2.42. The zero-order valence-electron chi connectivity index (χ0n) is 19.5. The smallest absolute Gasteiger partial charge is 0.174 e. The molecule has 0 bridgehead atoms. The minimum absolute atomic E-state index is 0.153. The van der Waals surface area contributed by atoms with Crippen molar-refractivity contribution in [1.29, 1.82) is 0 Å². The maximum absolute atomic E-state index is 10.6. The van der Waals surface area contributed by atoms with E-state index >= 15 is 0 Å². The number of rotatable bonds is 4. The van der Waals surface area contributed by atoms with E-state index in [-0.39, 0.29) is 17.8 Å². The number of nitrogens with one attached hydrogen (secondary N) is 1. The van der Waals surface area contributed by atoms with Crippen LogP contribution < -0.4 is 10.2 Å². The van der Waals surface area contributed by atoms with Crippen molar-refractivity contribution in [1.82, 2.24) is 14.9 Å². The number of hydrogen-bond acceptors (Lipinski definition) is 3. The molecule has 178 valence electrons. The monoisotopic (exact) mass is 566 g/mol. The molecule has 0 spiro atoms. The van der Waals surface area contributed by atoms with E-state index in [0.29, 0.717) is 15.8 Å². The highest BCUT2D eigenvalue weighted by atomic mass is 79.9.